The molecular formula is C21H21ClFN5. The van der Waals surface area contributed by atoms with E-state index in [0.717, 1.165) is 55.0 Å². The van der Waals surface area contributed by atoms with Gasteiger partial charge in [0.15, 0.2) is 5.82 Å². The van der Waals surface area contributed by atoms with Gasteiger partial charge in [-0.25, -0.2) is 4.98 Å². The molecule has 2 aromatic heterocycles. The first-order valence-corrected chi connectivity index (χ1v) is 10.0. The average molecular weight is 398 g/mol. The molecule has 5 rings (SSSR count). The highest BCUT2D eigenvalue weighted by Crippen LogP contribution is 2.47. The fourth-order valence-electron chi connectivity index (χ4n) is 4.44. The lowest BCUT2D eigenvalue weighted by molar-refractivity contribution is 0.353. The number of benzene rings is 1. The number of hydrogen-bond acceptors (Lipinski definition) is 4. The Bertz CT molecular complexity index is 1010. The van der Waals surface area contributed by atoms with Crippen molar-refractivity contribution < 1.29 is 4.39 Å². The molecule has 0 amide bonds. The fraction of sp³-hybridized carbons (Fsp3) is 0.381. The molecule has 2 aliphatic rings. The molecule has 1 aromatic carbocycles. The molecule has 0 saturated heterocycles. The highest BCUT2D eigenvalue weighted by atomic mass is 35.5. The standard InChI is InChI=1S/C21H21ClFN5/c22-21(8-6-14(7-9-21)17-2-1-3-19(23)26-17)16-4-5-18-15(10-16)11-24-12-20-27-25-13-28(18)20/h1-5,10,13-14,24H,6-9,11-12H2. The normalized spacial score (nSPS) is 24.3. The Kier molecular flexibility index (Phi) is 4.40. The van der Waals surface area contributed by atoms with Crippen molar-refractivity contribution in [3.63, 3.8) is 0 Å². The summed E-state index contributed by atoms with van der Waals surface area (Å²) in [6, 6.07) is 11.5. The van der Waals surface area contributed by atoms with Crippen LogP contribution in [0.15, 0.2) is 42.7 Å². The van der Waals surface area contributed by atoms with Crippen LogP contribution in [0, 0.1) is 5.95 Å². The van der Waals surface area contributed by atoms with Gasteiger partial charge < -0.3 is 5.32 Å². The van der Waals surface area contributed by atoms with E-state index in [1.54, 1.807) is 12.4 Å². The number of rotatable bonds is 2. The van der Waals surface area contributed by atoms with E-state index in [4.69, 9.17) is 11.6 Å². The maximum Gasteiger partial charge on any atom is 0.213 e. The third kappa shape index (κ3) is 3.10. The summed E-state index contributed by atoms with van der Waals surface area (Å²) < 4.78 is 15.5. The van der Waals surface area contributed by atoms with Gasteiger partial charge in [0.1, 0.15) is 6.33 Å². The van der Waals surface area contributed by atoms with Gasteiger partial charge in [-0.05, 0) is 55.0 Å². The van der Waals surface area contributed by atoms with Crippen LogP contribution in [0.4, 0.5) is 4.39 Å². The summed E-state index contributed by atoms with van der Waals surface area (Å²) >= 11 is 7.10. The number of aromatic nitrogens is 4. The Morgan fingerprint density at radius 2 is 2.00 bits per heavy atom. The van der Waals surface area contributed by atoms with Crippen LogP contribution in [0.25, 0.3) is 5.69 Å². The Morgan fingerprint density at radius 1 is 1.14 bits per heavy atom. The lowest BCUT2D eigenvalue weighted by Crippen LogP contribution is -2.26. The molecule has 3 aromatic rings. The number of nitrogens with one attached hydrogen (secondary N) is 1. The van der Waals surface area contributed by atoms with E-state index >= 15 is 0 Å². The Morgan fingerprint density at radius 3 is 2.82 bits per heavy atom. The summed E-state index contributed by atoms with van der Waals surface area (Å²) in [6.07, 6.45) is 5.27. The van der Waals surface area contributed by atoms with Crippen LogP contribution < -0.4 is 5.32 Å². The minimum absolute atomic E-state index is 0.268. The zero-order chi connectivity index (χ0) is 19.1. The van der Waals surface area contributed by atoms with Crippen molar-refractivity contribution in [2.75, 3.05) is 0 Å². The van der Waals surface area contributed by atoms with Crippen molar-refractivity contribution in [1.82, 2.24) is 25.1 Å². The molecule has 1 saturated carbocycles. The van der Waals surface area contributed by atoms with Gasteiger partial charge >= 0.3 is 0 Å². The monoisotopic (exact) mass is 397 g/mol. The third-order valence-electron chi connectivity index (χ3n) is 6.01. The molecule has 1 aliphatic heterocycles. The van der Waals surface area contributed by atoms with Gasteiger partial charge in [0, 0.05) is 18.2 Å². The Labute approximate surface area is 168 Å². The molecule has 1 aliphatic carbocycles. The lowest BCUT2D eigenvalue weighted by atomic mass is 9.76. The summed E-state index contributed by atoms with van der Waals surface area (Å²) in [5, 5.41) is 11.6. The van der Waals surface area contributed by atoms with Crippen molar-refractivity contribution >= 4 is 11.6 Å². The number of hydrogen-bond donors (Lipinski definition) is 1. The zero-order valence-corrected chi connectivity index (χ0v) is 16.2. The highest BCUT2D eigenvalue weighted by molar-refractivity contribution is 6.24. The first-order chi connectivity index (χ1) is 13.6. The molecule has 1 N–H and O–H groups in total. The van der Waals surface area contributed by atoms with Crippen LogP contribution >= 0.6 is 11.6 Å². The molecule has 0 atom stereocenters. The molecule has 3 heterocycles. The topological polar surface area (TPSA) is 55.6 Å². The third-order valence-corrected chi connectivity index (χ3v) is 6.60. The SMILES string of the molecule is Fc1cccc(C2CCC(Cl)(c3ccc4c(c3)CNCc3nncn3-4)CC2)n1. The number of nitrogens with zero attached hydrogens (tertiary/aromatic N) is 4. The van der Waals surface area contributed by atoms with Crippen LogP contribution in [0.2, 0.25) is 0 Å². The Balaban J connectivity index is 1.39. The molecule has 7 heteroatoms. The molecule has 5 nitrogen and oxygen atoms in total. The number of halogens is 2. The number of pyridine rings is 1. The second-order valence-electron chi connectivity index (χ2n) is 7.69. The van der Waals surface area contributed by atoms with E-state index in [9.17, 15) is 4.39 Å². The summed E-state index contributed by atoms with van der Waals surface area (Å²) in [4.78, 5) is 3.68. The summed E-state index contributed by atoms with van der Waals surface area (Å²) in [5.41, 5.74) is 4.29. The maximum absolute atomic E-state index is 13.5. The van der Waals surface area contributed by atoms with Crippen LogP contribution in [0.5, 0.6) is 0 Å². The fourth-order valence-corrected chi connectivity index (χ4v) is 4.78. The van der Waals surface area contributed by atoms with Crippen molar-refractivity contribution in [1.29, 1.82) is 0 Å². The summed E-state index contributed by atoms with van der Waals surface area (Å²) in [6.45, 7) is 1.47. The van der Waals surface area contributed by atoms with Crippen LogP contribution in [-0.4, -0.2) is 19.7 Å². The second kappa shape index (κ2) is 6.94. The first kappa shape index (κ1) is 17.8. The maximum atomic E-state index is 13.5. The summed E-state index contributed by atoms with van der Waals surface area (Å²) in [7, 11) is 0. The predicted molar refractivity (Wildman–Crippen MR) is 105 cm³/mol. The van der Waals surface area contributed by atoms with E-state index in [1.165, 1.54) is 11.6 Å². The van der Waals surface area contributed by atoms with E-state index in [-0.39, 0.29) is 10.8 Å². The van der Waals surface area contributed by atoms with Crippen LogP contribution in [0.1, 0.15) is 54.2 Å². The molecule has 144 valence electrons. The van der Waals surface area contributed by atoms with Crippen molar-refractivity contribution in [2.24, 2.45) is 0 Å². The quantitative estimate of drug-likeness (QED) is 0.520. The van der Waals surface area contributed by atoms with E-state index in [0.29, 0.717) is 6.54 Å². The largest absolute Gasteiger partial charge is 0.306 e. The minimum atomic E-state index is -0.410. The molecule has 0 unspecified atom stereocenters. The first-order valence-electron chi connectivity index (χ1n) is 9.67. The zero-order valence-electron chi connectivity index (χ0n) is 15.4. The number of alkyl halides is 1. The Hall–Kier alpha value is -2.31. The van der Waals surface area contributed by atoms with E-state index in [2.05, 4.69) is 38.7 Å². The van der Waals surface area contributed by atoms with Gasteiger partial charge in [-0.2, -0.15) is 4.39 Å². The van der Waals surface area contributed by atoms with Crippen LogP contribution in [0.3, 0.4) is 0 Å². The van der Waals surface area contributed by atoms with Gasteiger partial charge in [-0.1, -0.05) is 18.2 Å². The minimum Gasteiger partial charge on any atom is -0.306 e. The summed E-state index contributed by atoms with van der Waals surface area (Å²) in [5.74, 6) is 0.770. The van der Waals surface area contributed by atoms with Crippen molar-refractivity contribution in [3.8, 4) is 5.69 Å². The smallest absolute Gasteiger partial charge is 0.213 e. The van der Waals surface area contributed by atoms with Gasteiger partial charge in [0.25, 0.3) is 0 Å². The molecule has 0 bridgehead atoms. The molecule has 0 spiro atoms. The number of fused-ring (bicyclic) bond motifs is 3. The average Bonchev–Trinajstić information content (AvgIpc) is 3.10. The van der Waals surface area contributed by atoms with Crippen molar-refractivity contribution in [2.45, 2.75) is 49.6 Å². The molecule has 28 heavy (non-hydrogen) atoms. The van der Waals surface area contributed by atoms with Gasteiger partial charge in [-0.3, -0.25) is 4.57 Å². The van der Waals surface area contributed by atoms with Crippen LogP contribution in [-0.2, 0) is 18.0 Å². The van der Waals surface area contributed by atoms with E-state index < -0.39 is 5.95 Å². The van der Waals surface area contributed by atoms with E-state index in [1.807, 2.05) is 10.6 Å². The van der Waals surface area contributed by atoms with Crippen molar-refractivity contribution in [3.05, 3.63) is 71.3 Å². The van der Waals surface area contributed by atoms with Gasteiger partial charge in [-0.15, -0.1) is 21.8 Å². The molecular weight excluding hydrogens is 377 g/mol. The highest BCUT2D eigenvalue weighted by Gasteiger charge is 2.36. The van der Waals surface area contributed by atoms with Gasteiger partial charge in [0.2, 0.25) is 5.95 Å². The van der Waals surface area contributed by atoms with Gasteiger partial charge in [0.05, 0.1) is 17.1 Å². The molecule has 0 radical (unpaired) electrons. The predicted octanol–water partition coefficient (Wildman–Crippen LogP) is 4.20. The lowest BCUT2D eigenvalue weighted by Gasteiger charge is -2.36. The second-order valence-corrected chi connectivity index (χ2v) is 8.41. The molecule has 1 fully saturated rings.